The highest BCUT2D eigenvalue weighted by Gasteiger charge is 2.11. The summed E-state index contributed by atoms with van der Waals surface area (Å²) in [7, 11) is 0. The molecule has 1 atom stereocenters. The molecule has 2 N–H and O–H groups in total. The molecule has 0 bridgehead atoms. The second-order valence-electron chi connectivity index (χ2n) is 2.35. The number of rotatable bonds is 7. The minimum Gasteiger partial charge on any atom is -0.462 e. The Balaban J connectivity index is -0.000000720. The van der Waals surface area contributed by atoms with E-state index < -0.39 is 12.0 Å². The third-order valence-corrected chi connectivity index (χ3v) is 1.55. The molecule has 0 aliphatic carbocycles. The fourth-order valence-corrected chi connectivity index (χ4v) is 0.636. The Labute approximate surface area is 107 Å². The van der Waals surface area contributed by atoms with Crippen molar-refractivity contribution < 1.29 is 14.3 Å². The normalized spacial score (nSPS) is 10.5. The molecule has 0 saturated carbocycles. The molecule has 0 heterocycles. The number of hydrogen-bond acceptors (Lipinski definition) is 6. The predicted molar refractivity (Wildman–Crippen MR) is 64.6 cm³/mol. The van der Waals surface area contributed by atoms with Gasteiger partial charge in [0.15, 0.2) is 6.04 Å². The molecule has 0 radical (unpaired) electrons. The number of carbonyl (C=O) groups is 1. The molecule has 92 valence electrons. The monoisotopic (exact) mass is 278 g/mol. The van der Waals surface area contributed by atoms with Crippen LogP contribution in [0, 0.1) is 0 Å². The maximum absolute atomic E-state index is 10.9. The maximum Gasteiger partial charge on any atom is 0.331 e. The number of ether oxygens (including phenoxy) is 2. The Bertz CT molecular complexity index is 174. The molecule has 0 unspecified atom stereocenters. The van der Waals surface area contributed by atoms with Gasteiger partial charge in [-0.05, 0) is 6.92 Å². The standard InChI is InChI=1S/C7H14N2O3S.2ClH/c1-6(9-13)7(10)12-5-4-11-3-2-8;;/h6H,2-5,8H2,1H3;2*1H/t6-;;/m0../s1. The van der Waals surface area contributed by atoms with Crippen LogP contribution in [-0.2, 0) is 26.7 Å². The van der Waals surface area contributed by atoms with Crippen LogP contribution < -0.4 is 5.73 Å². The smallest absolute Gasteiger partial charge is 0.331 e. The summed E-state index contributed by atoms with van der Waals surface area (Å²) in [5.41, 5.74) is 5.18. The number of carbonyl (C=O) groups excluding carboxylic acids is 1. The SMILES string of the molecule is C[C@H](N=S)C(=O)OCCOCCN.Cl.Cl. The first-order valence-electron chi connectivity index (χ1n) is 3.99. The Morgan fingerprint density at radius 3 is 2.47 bits per heavy atom. The average molecular weight is 279 g/mol. The number of nitrogens with two attached hydrogens (primary N) is 1. The molecule has 15 heavy (non-hydrogen) atoms. The van der Waals surface area contributed by atoms with E-state index in [1.54, 1.807) is 6.92 Å². The molecule has 0 aromatic carbocycles. The van der Waals surface area contributed by atoms with Crippen LogP contribution in [0.3, 0.4) is 0 Å². The molecule has 0 spiro atoms. The second kappa shape index (κ2) is 14.0. The molecule has 0 aliphatic rings. The molecule has 0 aromatic heterocycles. The van der Waals surface area contributed by atoms with E-state index in [0.29, 0.717) is 19.8 Å². The third kappa shape index (κ3) is 11.9. The molecule has 0 rings (SSSR count). The topological polar surface area (TPSA) is 73.9 Å². The zero-order valence-corrected chi connectivity index (χ0v) is 10.8. The van der Waals surface area contributed by atoms with Crippen LogP contribution in [0.4, 0.5) is 0 Å². The van der Waals surface area contributed by atoms with E-state index >= 15 is 0 Å². The van der Waals surface area contributed by atoms with Crippen molar-refractivity contribution >= 4 is 43.2 Å². The van der Waals surface area contributed by atoms with Crippen LogP contribution in [-0.4, -0.2) is 38.4 Å². The van der Waals surface area contributed by atoms with Crippen molar-refractivity contribution in [2.45, 2.75) is 13.0 Å². The Kier molecular flexibility index (Phi) is 19.0. The Morgan fingerprint density at radius 1 is 1.40 bits per heavy atom. The molecule has 0 fully saturated rings. The van der Waals surface area contributed by atoms with Crippen LogP contribution in [0.15, 0.2) is 4.36 Å². The number of halogens is 2. The number of esters is 1. The van der Waals surface area contributed by atoms with E-state index in [0.717, 1.165) is 0 Å². The van der Waals surface area contributed by atoms with E-state index in [1.165, 1.54) is 0 Å². The molecule has 0 aliphatic heterocycles. The number of hydrogen-bond donors (Lipinski definition) is 1. The summed E-state index contributed by atoms with van der Waals surface area (Å²) in [6, 6.07) is -0.579. The van der Waals surface area contributed by atoms with Gasteiger partial charge in [-0.15, -0.1) is 24.8 Å². The highest BCUT2D eigenvalue weighted by atomic mass is 35.5. The molecule has 5 nitrogen and oxygen atoms in total. The lowest BCUT2D eigenvalue weighted by Gasteiger charge is -2.06. The van der Waals surface area contributed by atoms with Gasteiger partial charge in [-0.25, -0.2) is 9.16 Å². The summed E-state index contributed by atoms with van der Waals surface area (Å²) >= 11 is 4.35. The highest BCUT2D eigenvalue weighted by Crippen LogP contribution is 1.92. The van der Waals surface area contributed by atoms with Crippen molar-refractivity contribution in [3.63, 3.8) is 0 Å². The van der Waals surface area contributed by atoms with Gasteiger partial charge >= 0.3 is 5.97 Å². The Hall–Kier alpha value is -0.0100. The molecular formula is C7H16Cl2N2O3S. The van der Waals surface area contributed by atoms with Gasteiger partial charge < -0.3 is 15.2 Å². The quantitative estimate of drug-likeness (QED) is 0.541. The van der Waals surface area contributed by atoms with E-state index in [2.05, 4.69) is 16.8 Å². The van der Waals surface area contributed by atoms with Gasteiger partial charge in [-0.3, -0.25) is 0 Å². The lowest BCUT2D eigenvalue weighted by molar-refractivity contribution is -0.146. The first-order chi connectivity index (χ1) is 6.22. The lowest BCUT2D eigenvalue weighted by Crippen LogP contribution is -2.20. The molecule has 0 saturated heterocycles. The van der Waals surface area contributed by atoms with Crippen LogP contribution in [0.5, 0.6) is 0 Å². The van der Waals surface area contributed by atoms with Crippen molar-refractivity contribution in [1.29, 1.82) is 0 Å². The fourth-order valence-electron chi connectivity index (χ4n) is 0.550. The first kappa shape index (κ1) is 20.4. The third-order valence-electron chi connectivity index (χ3n) is 1.23. The van der Waals surface area contributed by atoms with Gasteiger partial charge in [0.1, 0.15) is 6.61 Å². The summed E-state index contributed by atoms with van der Waals surface area (Å²) in [6.07, 6.45) is 0. The van der Waals surface area contributed by atoms with E-state index in [4.69, 9.17) is 15.2 Å². The zero-order chi connectivity index (χ0) is 10.1. The van der Waals surface area contributed by atoms with Crippen LogP contribution >= 0.6 is 24.8 Å². The number of nitrogens with zero attached hydrogens (tertiary/aromatic N) is 1. The van der Waals surface area contributed by atoms with Crippen LogP contribution in [0.25, 0.3) is 0 Å². The van der Waals surface area contributed by atoms with Gasteiger partial charge in [-0.1, -0.05) is 0 Å². The van der Waals surface area contributed by atoms with Crippen molar-refractivity contribution in [2.75, 3.05) is 26.4 Å². The minimum absolute atomic E-state index is 0. The molecular weight excluding hydrogens is 263 g/mol. The highest BCUT2D eigenvalue weighted by molar-refractivity contribution is 7.47. The van der Waals surface area contributed by atoms with Gasteiger partial charge in [0.2, 0.25) is 0 Å². The largest absolute Gasteiger partial charge is 0.462 e. The summed E-state index contributed by atoms with van der Waals surface area (Å²) in [5.74, 6) is -0.425. The van der Waals surface area contributed by atoms with Crippen LogP contribution in [0.1, 0.15) is 6.92 Å². The van der Waals surface area contributed by atoms with Crippen molar-refractivity contribution in [3.8, 4) is 0 Å². The molecule has 0 aromatic rings. The fraction of sp³-hybridized carbons (Fsp3) is 0.857. The van der Waals surface area contributed by atoms with E-state index in [1.807, 2.05) is 0 Å². The van der Waals surface area contributed by atoms with Crippen molar-refractivity contribution in [2.24, 2.45) is 10.1 Å². The maximum atomic E-state index is 10.9. The van der Waals surface area contributed by atoms with Crippen molar-refractivity contribution in [3.05, 3.63) is 0 Å². The molecule has 0 amide bonds. The van der Waals surface area contributed by atoms with Gasteiger partial charge in [0.25, 0.3) is 0 Å². The van der Waals surface area contributed by atoms with E-state index in [-0.39, 0.29) is 31.4 Å². The summed E-state index contributed by atoms with van der Waals surface area (Å²) in [5, 5.41) is 0. The zero-order valence-electron chi connectivity index (χ0n) is 8.38. The first-order valence-corrected chi connectivity index (χ1v) is 4.35. The van der Waals surface area contributed by atoms with E-state index in [9.17, 15) is 4.79 Å². The second-order valence-corrected chi connectivity index (χ2v) is 2.56. The predicted octanol–water partition coefficient (Wildman–Crippen LogP) is 0.467. The van der Waals surface area contributed by atoms with Crippen molar-refractivity contribution in [1.82, 2.24) is 0 Å². The summed E-state index contributed by atoms with van der Waals surface area (Å²) < 4.78 is 13.1. The summed E-state index contributed by atoms with van der Waals surface area (Å²) in [4.78, 5) is 10.9. The Morgan fingerprint density at radius 2 is 2.00 bits per heavy atom. The average Bonchev–Trinajstić information content (AvgIpc) is 2.16. The minimum atomic E-state index is -0.579. The van der Waals surface area contributed by atoms with Gasteiger partial charge in [0.05, 0.1) is 13.2 Å². The lowest BCUT2D eigenvalue weighted by atomic mass is 10.4. The van der Waals surface area contributed by atoms with Crippen LogP contribution in [0.2, 0.25) is 0 Å². The molecule has 8 heteroatoms. The van der Waals surface area contributed by atoms with Gasteiger partial charge in [0, 0.05) is 19.0 Å². The summed E-state index contributed by atoms with van der Waals surface area (Å²) in [6.45, 7) is 3.08. The van der Waals surface area contributed by atoms with Gasteiger partial charge in [-0.2, -0.15) is 0 Å².